The lowest BCUT2D eigenvalue weighted by Gasteiger charge is -2.40. The van der Waals surface area contributed by atoms with Crippen molar-refractivity contribution in [3.63, 3.8) is 0 Å². The smallest absolute Gasteiger partial charge is 0.0736 e. The van der Waals surface area contributed by atoms with Gasteiger partial charge < -0.3 is 9.30 Å². The molecule has 1 spiro atoms. The minimum absolute atomic E-state index is 0.488. The van der Waals surface area contributed by atoms with Gasteiger partial charge in [0.05, 0.1) is 27.7 Å². The summed E-state index contributed by atoms with van der Waals surface area (Å²) in [7, 11) is 0. The Morgan fingerprint density at radius 3 is 1.72 bits per heavy atom. The first-order valence-corrected chi connectivity index (χ1v) is 26.4. The molecule has 0 atom stereocenters. The van der Waals surface area contributed by atoms with Gasteiger partial charge in [0.25, 0.3) is 0 Å². The Bertz CT molecular complexity index is 4540. The Morgan fingerprint density at radius 2 is 0.919 bits per heavy atom. The molecule has 74 heavy (non-hydrogen) atoms. The fraction of sp³-hybridized carbons (Fsp3) is 0.0141. The van der Waals surface area contributed by atoms with Crippen LogP contribution in [0, 0.1) is 0 Å². The zero-order chi connectivity index (χ0) is 48.5. The number of hydrogen-bond acceptors (Lipinski definition) is 2. The largest absolute Gasteiger partial charge is 0.310 e. The van der Waals surface area contributed by atoms with E-state index in [0.717, 1.165) is 28.2 Å². The van der Waals surface area contributed by atoms with E-state index < -0.39 is 5.41 Å². The molecule has 0 radical (unpaired) electrons. The number of benzene rings is 12. The molecule has 14 aromatic rings. The second kappa shape index (κ2) is 15.9. The third-order valence-electron chi connectivity index (χ3n) is 16.2. The van der Waals surface area contributed by atoms with Crippen molar-refractivity contribution in [3.8, 4) is 44.5 Å². The van der Waals surface area contributed by atoms with E-state index >= 15 is 0 Å². The molecule has 0 N–H and O–H groups in total. The van der Waals surface area contributed by atoms with Crippen molar-refractivity contribution >= 4 is 77.7 Å². The first-order valence-electron chi connectivity index (χ1n) is 25.6. The molecule has 0 amide bonds. The Morgan fingerprint density at radius 1 is 0.324 bits per heavy atom. The van der Waals surface area contributed by atoms with Gasteiger partial charge in [-0.25, -0.2) is 0 Å². The van der Waals surface area contributed by atoms with Crippen molar-refractivity contribution in [2.45, 2.75) is 15.2 Å². The zero-order valence-corrected chi connectivity index (χ0v) is 41.0. The van der Waals surface area contributed by atoms with Gasteiger partial charge in [0.15, 0.2) is 0 Å². The van der Waals surface area contributed by atoms with Crippen LogP contribution in [0.1, 0.15) is 22.3 Å². The Balaban J connectivity index is 0.888. The Labute approximate surface area is 433 Å². The Kier molecular flexibility index (Phi) is 8.92. The third-order valence-corrected chi connectivity index (χ3v) is 17.3. The van der Waals surface area contributed by atoms with E-state index in [-0.39, 0.29) is 0 Å². The van der Waals surface area contributed by atoms with Crippen LogP contribution >= 0.6 is 11.8 Å². The number of nitrogens with zero attached hydrogens (tertiary/aromatic N) is 2. The van der Waals surface area contributed by atoms with Crippen LogP contribution in [0.2, 0.25) is 0 Å². The van der Waals surface area contributed by atoms with Gasteiger partial charge in [-0.3, -0.25) is 0 Å². The van der Waals surface area contributed by atoms with Gasteiger partial charge in [-0.1, -0.05) is 212 Å². The summed E-state index contributed by atoms with van der Waals surface area (Å²) in [6, 6.07) is 99.7. The maximum absolute atomic E-state index is 2.50. The molecule has 0 unspecified atom stereocenters. The third kappa shape index (κ3) is 5.79. The van der Waals surface area contributed by atoms with E-state index in [9.17, 15) is 0 Å². The fourth-order valence-corrected chi connectivity index (χ4v) is 14.3. The standard InChI is InChI=1S/C71H44N2S/c1-3-18-45(19-4-1)58-42-48(36-39-51(58)47-37-41-65-59(43-47)57-28-17-27-56-55-26-15-20-46-21-16-33-66(69(46)55)73(65)70(56)57)52-24-8-12-32-64(52)72(49-22-5-2-6-23-49)50-38-40-54-53-25-7-9-29-60(53)71(63(54)44-50)61-30-10-13-34-67(61)74-68-35-14-11-31-62(68)71/h1-44H. The van der Waals surface area contributed by atoms with Crippen molar-refractivity contribution in [2.24, 2.45) is 0 Å². The summed E-state index contributed by atoms with van der Waals surface area (Å²) in [5.74, 6) is 0. The fourth-order valence-electron chi connectivity index (χ4n) is 13.2. The van der Waals surface area contributed by atoms with Crippen LogP contribution < -0.4 is 4.90 Å². The molecule has 1 aliphatic carbocycles. The van der Waals surface area contributed by atoms with Crippen molar-refractivity contribution < 1.29 is 0 Å². The molecule has 344 valence electrons. The van der Waals surface area contributed by atoms with Gasteiger partial charge in [-0.2, -0.15) is 0 Å². The number of para-hydroxylation sites is 3. The molecule has 3 heterocycles. The molecular weight excluding hydrogens is 913 g/mol. The van der Waals surface area contributed by atoms with Crippen LogP contribution in [-0.4, -0.2) is 4.40 Å². The van der Waals surface area contributed by atoms with Crippen molar-refractivity contribution in [2.75, 3.05) is 4.90 Å². The minimum atomic E-state index is -0.488. The Hall–Kier alpha value is -9.15. The van der Waals surface area contributed by atoms with Gasteiger partial charge in [-0.15, -0.1) is 0 Å². The monoisotopic (exact) mass is 956 g/mol. The van der Waals surface area contributed by atoms with Gasteiger partial charge in [0.2, 0.25) is 0 Å². The number of pyridine rings is 1. The van der Waals surface area contributed by atoms with Crippen LogP contribution in [0.5, 0.6) is 0 Å². The highest BCUT2D eigenvalue weighted by molar-refractivity contribution is 7.99. The van der Waals surface area contributed by atoms with Gasteiger partial charge in [0, 0.05) is 48.3 Å². The second-order valence-electron chi connectivity index (χ2n) is 19.9. The zero-order valence-electron chi connectivity index (χ0n) is 40.2. The highest BCUT2D eigenvalue weighted by Gasteiger charge is 2.50. The number of hydrogen-bond donors (Lipinski definition) is 0. The van der Waals surface area contributed by atoms with Crippen LogP contribution in [0.4, 0.5) is 17.1 Å². The van der Waals surface area contributed by atoms with Crippen LogP contribution in [0.25, 0.3) is 93.4 Å². The molecule has 16 rings (SSSR count). The normalized spacial score (nSPS) is 13.2. The van der Waals surface area contributed by atoms with E-state index in [1.807, 2.05) is 11.8 Å². The number of aromatic nitrogens is 1. The summed E-state index contributed by atoms with van der Waals surface area (Å²) in [5.41, 5.74) is 21.6. The van der Waals surface area contributed by atoms with Crippen LogP contribution in [-0.2, 0) is 5.41 Å². The molecule has 12 aromatic carbocycles. The lowest BCUT2D eigenvalue weighted by Crippen LogP contribution is -2.32. The summed E-state index contributed by atoms with van der Waals surface area (Å²) >= 11 is 1.89. The van der Waals surface area contributed by atoms with Gasteiger partial charge in [0.1, 0.15) is 0 Å². The van der Waals surface area contributed by atoms with E-state index in [0.29, 0.717) is 0 Å². The van der Waals surface area contributed by atoms with E-state index in [4.69, 9.17) is 0 Å². The van der Waals surface area contributed by atoms with Crippen molar-refractivity contribution in [1.29, 1.82) is 0 Å². The van der Waals surface area contributed by atoms with E-state index in [2.05, 4.69) is 276 Å². The molecule has 0 saturated carbocycles. The first kappa shape index (κ1) is 41.5. The molecule has 1 aliphatic heterocycles. The summed E-state index contributed by atoms with van der Waals surface area (Å²) in [6.07, 6.45) is 0. The van der Waals surface area contributed by atoms with E-state index in [1.165, 1.54) is 114 Å². The predicted molar refractivity (Wildman–Crippen MR) is 311 cm³/mol. The number of fused-ring (bicyclic) bond motifs is 14. The summed E-state index contributed by atoms with van der Waals surface area (Å²) < 4.78 is 2.50. The first-order chi connectivity index (χ1) is 36.7. The maximum atomic E-state index is 2.50. The second-order valence-corrected chi connectivity index (χ2v) is 21.0. The highest BCUT2D eigenvalue weighted by Crippen LogP contribution is 2.63. The molecule has 2 aliphatic rings. The molecule has 0 fully saturated rings. The average Bonchev–Trinajstić information content (AvgIpc) is 4.05. The van der Waals surface area contributed by atoms with E-state index in [1.54, 1.807) is 0 Å². The van der Waals surface area contributed by atoms with Crippen LogP contribution in [0.15, 0.2) is 277 Å². The lowest BCUT2D eigenvalue weighted by molar-refractivity contribution is 0.722. The minimum Gasteiger partial charge on any atom is -0.310 e. The molecular formula is C71H44N2S. The molecule has 3 heteroatoms. The molecule has 2 nitrogen and oxygen atoms in total. The summed E-state index contributed by atoms with van der Waals surface area (Å²) in [6.45, 7) is 0. The average molecular weight is 957 g/mol. The van der Waals surface area contributed by atoms with Crippen molar-refractivity contribution in [1.82, 2.24) is 4.40 Å². The summed E-state index contributed by atoms with van der Waals surface area (Å²) in [4.78, 5) is 5.08. The lowest BCUT2D eigenvalue weighted by atomic mass is 9.67. The van der Waals surface area contributed by atoms with Gasteiger partial charge in [-0.05, 0) is 139 Å². The topological polar surface area (TPSA) is 7.65 Å². The van der Waals surface area contributed by atoms with Gasteiger partial charge >= 0.3 is 0 Å². The quantitative estimate of drug-likeness (QED) is 0.121. The number of rotatable bonds is 6. The molecule has 2 aromatic heterocycles. The molecule has 0 saturated heterocycles. The highest BCUT2D eigenvalue weighted by atomic mass is 32.2. The van der Waals surface area contributed by atoms with Crippen LogP contribution in [0.3, 0.4) is 0 Å². The predicted octanol–water partition coefficient (Wildman–Crippen LogP) is 19.3. The maximum Gasteiger partial charge on any atom is 0.0736 e. The summed E-state index contributed by atoms with van der Waals surface area (Å²) in [5, 5.41) is 7.71. The SMILES string of the molecule is c1ccc(-c2cc(-c3ccccc3N(c3ccccc3)c3ccc4c(c3)C3(c5ccccc5Sc5ccccc53)c3ccccc3-4)ccc2-c2ccc3c(c2)c2cccc4c5cccc6cccc(c65)n3c42)cc1. The van der Waals surface area contributed by atoms with Crippen molar-refractivity contribution in [3.05, 3.63) is 289 Å². The number of anilines is 3. The molecule has 0 bridgehead atoms.